The van der Waals surface area contributed by atoms with Gasteiger partial charge in [-0.2, -0.15) is 0 Å². The molecule has 3 heteroatoms. The zero-order chi connectivity index (χ0) is 28.5. The van der Waals surface area contributed by atoms with E-state index in [1.807, 2.05) is 2.89 Å². The number of hydrogen-bond donors (Lipinski definition) is 0. The van der Waals surface area contributed by atoms with Gasteiger partial charge in [0.05, 0.1) is 0 Å². The zero-order valence-electron chi connectivity index (χ0n) is 25.6. The quantitative estimate of drug-likeness (QED) is 0.0954. The van der Waals surface area contributed by atoms with Crippen molar-refractivity contribution in [1.29, 1.82) is 0 Å². The molecule has 0 amide bonds. The number of nitrogens with zero attached hydrogens (tertiary/aromatic N) is 1. The van der Waals surface area contributed by atoms with E-state index in [2.05, 4.69) is 134 Å². The topological polar surface area (TPSA) is 3.24 Å². The monoisotopic (exact) mass is 671 g/mol. The molecule has 2 heterocycles. The van der Waals surface area contributed by atoms with Crippen LogP contribution in [0.4, 0.5) is 0 Å². The van der Waals surface area contributed by atoms with Crippen molar-refractivity contribution in [2.24, 2.45) is 0 Å². The minimum absolute atomic E-state index is 0.321. The Hall–Kier alpha value is -1.88. The van der Waals surface area contributed by atoms with Gasteiger partial charge in [-0.3, -0.25) is 0 Å². The summed E-state index contributed by atoms with van der Waals surface area (Å²) < 4.78 is 6.55. The van der Waals surface area contributed by atoms with E-state index >= 15 is 0 Å². The first-order chi connectivity index (χ1) is 20.2. The summed E-state index contributed by atoms with van der Waals surface area (Å²) in [6.45, 7) is 9.27. The standard InChI is InChI=1S/C26H22NS.3C4H9.Sn/c1-4-10-22(11-5-1)26(23-12-6-2-7-13-23,24-14-8-3-9-15-24)27-18-16-21-17-19-28-25(21)20-27;3*1-3-4-2;/h1-15,17H,16,18,20H2;3*1,3-4H2,2H3;. The van der Waals surface area contributed by atoms with E-state index in [9.17, 15) is 0 Å². The van der Waals surface area contributed by atoms with Crippen molar-refractivity contribution in [1.82, 2.24) is 4.90 Å². The summed E-state index contributed by atoms with van der Waals surface area (Å²) in [6.07, 6.45) is 9.44. The number of thiophene rings is 1. The molecular weight excluding hydrogens is 621 g/mol. The van der Waals surface area contributed by atoms with Crippen molar-refractivity contribution in [3.63, 3.8) is 0 Å². The molecule has 1 aromatic heterocycles. The maximum absolute atomic E-state index is 2.80. The molecule has 0 aliphatic carbocycles. The second-order valence-electron chi connectivity index (χ2n) is 12.1. The van der Waals surface area contributed by atoms with Gasteiger partial charge in [0.15, 0.2) is 0 Å². The molecule has 216 valence electrons. The summed E-state index contributed by atoms with van der Waals surface area (Å²) in [7, 11) is 0. The first kappa shape index (κ1) is 30.6. The third-order valence-corrected chi connectivity index (χ3v) is 28.9. The molecule has 0 unspecified atom stereocenters. The molecule has 0 radical (unpaired) electrons. The first-order valence-electron chi connectivity index (χ1n) is 16.2. The second kappa shape index (κ2) is 14.5. The molecule has 1 aliphatic heterocycles. The van der Waals surface area contributed by atoms with Crippen LogP contribution < -0.4 is 2.89 Å². The SMILES string of the molecule is CCC[CH2][Sn]([CH2]CCC)([CH2]CCC)[c]1cc2c(s1)CN(C(c1ccccc1)(c1ccccc1)c1ccccc1)CC2. The fourth-order valence-corrected chi connectivity index (χ4v) is 27.8. The summed E-state index contributed by atoms with van der Waals surface area (Å²) in [5.74, 6) is 0. The third kappa shape index (κ3) is 6.40. The Balaban J connectivity index is 1.61. The summed E-state index contributed by atoms with van der Waals surface area (Å²) in [4.78, 5) is 4.45. The zero-order valence-corrected chi connectivity index (χ0v) is 29.2. The van der Waals surface area contributed by atoms with Gasteiger partial charge < -0.3 is 0 Å². The molecule has 1 aliphatic rings. The average Bonchev–Trinajstić information content (AvgIpc) is 3.47. The minimum atomic E-state index is -2.46. The van der Waals surface area contributed by atoms with E-state index in [-0.39, 0.29) is 5.54 Å². The van der Waals surface area contributed by atoms with E-state index in [4.69, 9.17) is 0 Å². The molecular formula is C38H49NSSn. The molecule has 0 bridgehead atoms. The molecule has 3 aromatic carbocycles. The van der Waals surface area contributed by atoms with Crippen LogP contribution in [0.2, 0.25) is 13.3 Å². The predicted molar refractivity (Wildman–Crippen MR) is 182 cm³/mol. The average molecular weight is 671 g/mol. The van der Waals surface area contributed by atoms with Crippen molar-refractivity contribution < 1.29 is 0 Å². The summed E-state index contributed by atoms with van der Waals surface area (Å²) in [6, 6.07) is 36.6. The fourth-order valence-electron chi connectivity index (χ4n) is 7.24. The Morgan fingerprint density at radius 3 is 1.51 bits per heavy atom. The van der Waals surface area contributed by atoms with Crippen molar-refractivity contribution in [2.75, 3.05) is 6.54 Å². The van der Waals surface area contributed by atoms with Crippen LogP contribution in [0.1, 0.15) is 86.4 Å². The molecule has 0 saturated heterocycles. The Morgan fingerprint density at radius 2 is 1.10 bits per heavy atom. The fraction of sp³-hybridized carbons (Fsp3) is 0.421. The van der Waals surface area contributed by atoms with Crippen LogP contribution in [0.3, 0.4) is 0 Å². The molecule has 0 spiro atoms. The van der Waals surface area contributed by atoms with Crippen molar-refractivity contribution in [2.45, 2.75) is 91.1 Å². The number of fused-ring (bicyclic) bond motifs is 1. The van der Waals surface area contributed by atoms with Gasteiger partial charge in [0.1, 0.15) is 0 Å². The van der Waals surface area contributed by atoms with E-state index < -0.39 is 18.4 Å². The normalized spacial score (nSPS) is 14.2. The number of hydrogen-bond acceptors (Lipinski definition) is 2. The van der Waals surface area contributed by atoms with Gasteiger partial charge in [-0.05, 0) is 0 Å². The van der Waals surface area contributed by atoms with Crippen molar-refractivity contribution >= 4 is 32.6 Å². The summed E-state index contributed by atoms with van der Waals surface area (Å²) in [5, 5.41) is 0. The van der Waals surface area contributed by atoms with Crippen LogP contribution >= 0.6 is 11.3 Å². The predicted octanol–water partition coefficient (Wildman–Crippen LogP) is 10.2. The van der Waals surface area contributed by atoms with Crippen LogP contribution in [-0.4, -0.2) is 29.8 Å². The van der Waals surface area contributed by atoms with Crippen LogP contribution in [0.15, 0.2) is 97.1 Å². The van der Waals surface area contributed by atoms with Gasteiger partial charge in [0.25, 0.3) is 0 Å². The van der Waals surface area contributed by atoms with E-state index in [0.717, 1.165) is 19.5 Å². The second-order valence-corrected chi connectivity index (χ2v) is 27.4. The molecule has 0 fully saturated rings. The van der Waals surface area contributed by atoms with Crippen molar-refractivity contribution in [3.8, 4) is 0 Å². The van der Waals surface area contributed by atoms with Gasteiger partial charge in [-0.25, -0.2) is 0 Å². The van der Waals surface area contributed by atoms with Crippen LogP contribution in [0.5, 0.6) is 0 Å². The third-order valence-electron chi connectivity index (χ3n) is 9.48. The van der Waals surface area contributed by atoms with E-state index in [1.165, 1.54) is 55.2 Å². The Morgan fingerprint density at radius 1 is 0.659 bits per heavy atom. The van der Waals surface area contributed by atoms with Crippen LogP contribution in [0, 0.1) is 0 Å². The molecule has 0 saturated carbocycles. The molecule has 5 rings (SSSR count). The van der Waals surface area contributed by atoms with Crippen LogP contribution in [0.25, 0.3) is 0 Å². The number of rotatable bonds is 14. The summed E-state index contributed by atoms with van der Waals surface area (Å²) in [5.41, 5.74) is 5.42. The Labute approximate surface area is 257 Å². The van der Waals surface area contributed by atoms with E-state index in [0.29, 0.717) is 0 Å². The molecule has 4 aromatic rings. The summed E-state index contributed by atoms with van der Waals surface area (Å²) >= 11 is -0.212. The van der Waals surface area contributed by atoms with Crippen molar-refractivity contribution in [3.05, 3.63) is 124 Å². The molecule has 1 nitrogen and oxygen atoms in total. The number of unbranched alkanes of at least 4 members (excludes halogenated alkanes) is 3. The van der Waals surface area contributed by atoms with Gasteiger partial charge in [0, 0.05) is 0 Å². The van der Waals surface area contributed by atoms with Crippen LogP contribution in [-0.2, 0) is 18.5 Å². The first-order valence-corrected chi connectivity index (χ1v) is 24.5. The maximum atomic E-state index is 2.80. The molecule has 0 N–H and O–H groups in total. The van der Waals surface area contributed by atoms with Gasteiger partial charge in [0.2, 0.25) is 0 Å². The molecule has 0 atom stereocenters. The number of benzene rings is 3. The van der Waals surface area contributed by atoms with Gasteiger partial charge in [-0.1, -0.05) is 0 Å². The molecule has 41 heavy (non-hydrogen) atoms. The van der Waals surface area contributed by atoms with Gasteiger partial charge in [-0.15, -0.1) is 0 Å². The van der Waals surface area contributed by atoms with Gasteiger partial charge >= 0.3 is 259 Å². The Kier molecular flexibility index (Phi) is 10.8. The van der Waals surface area contributed by atoms with E-state index in [1.54, 1.807) is 23.8 Å². The Bertz CT molecular complexity index is 1210.